The molecule has 1 aromatic carbocycles. The number of benzene rings is 1. The highest BCUT2D eigenvalue weighted by atomic mass is 79.9. The van der Waals surface area contributed by atoms with Gasteiger partial charge in [0.15, 0.2) is 5.78 Å². The van der Waals surface area contributed by atoms with E-state index < -0.39 is 0 Å². The first-order valence-electron chi connectivity index (χ1n) is 3.89. The Labute approximate surface area is 95.6 Å². The summed E-state index contributed by atoms with van der Waals surface area (Å²) < 4.78 is 0. The first-order chi connectivity index (χ1) is 6.60. The quantitative estimate of drug-likeness (QED) is 0.613. The summed E-state index contributed by atoms with van der Waals surface area (Å²) in [6.45, 7) is 1.79. The van der Waals surface area contributed by atoms with Crippen LogP contribution in [0.2, 0.25) is 5.02 Å². The average molecular weight is 273 g/mol. The second-order valence-electron chi connectivity index (χ2n) is 2.82. The number of Topliss-reactive ketones (excluding diaryl/α,β-unsaturated/α-hetero) is 1. The Balaban J connectivity index is 3.33. The number of nitriles is 1. The van der Waals surface area contributed by atoms with Crippen molar-refractivity contribution in [3.63, 3.8) is 0 Å². The van der Waals surface area contributed by atoms with Crippen molar-refractivity contribution in [1.82, 2.24) is 0 Å². The Bertz CT molecular complexity index is 423. The van der Waals surface area contributed by atoms with E-state index in [0.29, 0.717) is 16.1 Å². The number of rotatable bonds is 2. The number of ketones is 1. The van der Waals surface area contributed by atoms with Gasteiger partial charge >= 0.3 is 0 Å². The van der Waals surface area contributed by atoms with E-state index in [1.54, 1.807) is 13.0 Å². The van der Waals surface area contributed by atoms with Crippen LogP contribution in [-0.4, -0.2) is 11.1 Å². The zero-order valence-corrected chi connectivity index (χ0v) is 9.82. The molecule has 72 valence electrons. The number of alkyl halides is 1. The summed E-state index contributed by atoms with van der Waals surface area (Å²) in [6.07, 6.45) is 0. The third kappa shape index (κ3) is 2.14. The Morgan fingerprint density at radius 2 is 2.29 bits per heavy atom. The number of hydrogen-bond acceptors (Lipinski definition) is 2. The summed E-state index contributed by atoms with van der Waals surface area (Å²) in [7, 11) is 0. The van der Waals surface area contributed by atoms with Crippen LogP contribution in [0.1, 0.15) is 21.5 Å². The normalized spacial score (nSPS) is 9.57. The summed E-state index contributed by atoms with van der Waals surface area (Å²) in [6, 6.07) is 5.11. The van der Waals surface area contributed by atoms with Gasteiger partial charge in [-0.25, -0.2) is 0 Å². The smallest absolute Gasteiger partial charge is 0.173 e. The molecule has 0 aliphatic rings. The molecule has 0 saturated carbocycles. The predicted molar refractivity (Wildman–Crippen MR) is 59.0 cm³/mol. The van der Waals surface area contributed by atoms with Crippen molar-refractivity contribution in [3.8, 4) is 6.07 Å². The molecule has 0 aliphatic carbocycles. The van der Waals surface area contributed by atoms with Gasteiger partial charge < -0.3 is 0 Å². The third-order valence-electron chi connectivity index (χ3n) is 1.86. The maximum atomic E-state index is 11.4. The molecule has 14 heavy (non-hydrogen) atoms. The molecule has 0 fully saturated rings. The van der Waals surface area contributed by atoms with Crippen LogP contribution >= 0.6 is 27.5 Å². The molecular formula is C10H7BrClNO. The third-order valence-corrected chi connectivity index (χ3v) is 2.68. The number of aryl methyl sites for hydroxylation is 1. The van der Waals surface area contributed by atoms with Gasteiger partial charge in [-0.3, -0.25) is 4.79 Å². The van der Waals surface area contributed by atoms with Gasteiger partial charge in [-0.2, -0.15) is 5.26 Å². The molecule has 0 radical (unpaired) electrons. The maximum absolute atomic E-state index is 11.4. The number of carbonyl (C=O) groups excluding carboxylic acids is 1. The van der Waals surface area contributed by atoms with Crippen LogP contribution in [0, 0.1) is 18.3 Å². The first kappa shape index (κ1) is 11.2. The number of carbonyl (C=O) groups is 1. The van der Waals surface area contributed by atoms with Gasteiger partial charge in [0.05, 0.1) is 15.9 Å². The van der Waals surface area contributed by atoms with E-state index >= 15 is 0 Å². The Kier molecular flexibility index (Phi) is 3.68. The topological polar surface area (TPSA) is 40.9 Å². The average Bonchev–Trinajstić information content (AvgIpc) is 2.17. The van der Waals surface area contributed by atoms with Crippen molar-refractivity contribution in [2.24, 2.45) is 0 Å². The second-order valence-corrected chi connectivity index (χ2v) is 3.78. The zero-order chi connectivity index (χ0) is 10.7. The lowest BCUT2D eigenvalue weighted by molar-refractivity contribution is 0.102. The van der Waals surface area contributed by atoms with Crippen molar-refractivity contribution < 1.29 is 4.79 Å². The summed E-state index contributed by atoms with van der Waals surface area (Å²) in [5.41, 5.74) is 1.67. The van der Waals surface area contributed by atoms with E-state index in [4.69, 9.17) is 16.9 Å². The minimum atomic E-state index is -0.0457. The number of hydrogen-bond donors (Lipinski definition) is 0. The van der Waals surface area contributed by atoms with Gasteiger partial charge in [0, 0.05) is 5.56 Å². The van der Waals surface area contributed by atoms with E-state index in [1.807, 2.05) is 6.07 Å². The summed E-state index contributed by atoms with van der Waals surface area (Å²) in [4.78, 5) is 11.4. The van der Waals surface area contributed by atoms with Crippen molar-refractivity contribution in [2.45, 2.75) is 6.92 Å². The minimum Gasteiger partial charge on any atom is -0.293 e. The Hall–Kier alpha value is -0.850. The molecular weight excluding hydrogens is 265 g/mol. The molecule has 0 aliphatic heterocycles. The Morgan fingerprint density at radius 1 is 1.64 bits per heavy atom. The fourth-order valence-electron chi connectivity index (χ4n) is 1.13. The standard InChI is InChI=1S/C10H7BrClNO/c1-6-2-9(12)7(5-13)3-8(6)10(14)4-11/h2-3H,4H2,1H3. The van der Waals surface area contributed by atoms with Crippen molar-refractivity contribution in [3.05, 3.63) is 33.8 Å². The lowest BCUT2D eigenvalue weighted by atomic mass is 10.0. The molecule has 4 heteroatoms. The van der Waals surface area contributed by atoms with Crippen LogP contribution in [0.4, 0.5) is 0 Å². The first-order valence-corrected chi connectivity index (χ1v) is 5.39. The van der Waals surface area contributed by atoms with E-state index in [-0.39, 0.29) is 11.1 Å². The van der Waals surface area contributed by atoms with E-state index in [1.165, 1.54) is 6.07 Å². The lowest BCUT2D eigenvalue weighted by Gasteiger charge is -2.04. The van der Waals surface area contributed by atoms with E-state index in [0.717, 1.165) is 5.56 Å². The number of nitrogens with zero attached hydrogens (tertiary/aromatic N) is 1. The van der Waals surface area contributed by atoms with Gasteiger partial charge in [0.1, 0.15) is 6.07 Å². The second kappa shape index (κ2) is 4.59. The van der Waals surface area contributed by atoms with Crippen molar-refractivity contribution in [2.75, 3.05) is 5.33 Å². The SMILES string of the molecule is Cc1cc(Cl)c(C#N)cc1C(=O)CBr. The van der Waals surface area contributed by atoms with E-state index in [2.05, 4.69) is 15.9 Å². The van der Waals surface area contributed by atoms with Crippen LogP contribution in [0.15, 0.2) is 12.1 Å². The fraction of sp³-hybridized carbons (Fsp3) is 0.200. The molecule has 0 atom stereocenters. The van der Waals surface area contributed by atoms with Gasteiger partial charge in [-0.1, -0.05) is 27.5 Å². The molecule has 0 unspecified atom stereocenters. The molecule has 1 aromatic rings. The van der Waals surface area contributed by atoms with E-state index in [9.17, 15) is 4.79 Å². The fourth-order valence-corrected chi connectivity index (χ4v) is 1.69. The molecule has 0 N–H and O–H groups in total. The molecule has 0 bridgehead atoms. The molecule has 0 amide bonds. The Morgan fingerprint density at radius 3 is 2.79 bits per heavy atom. The largest absolute Gasteiger partial charge is 0.293 e. The van der Waals surface area contributed by atoms with Crippen LogP contribution < -0.4 is 0 Å². The number of halogens is 2. The highest BCUT2D eigenvalue weighted by Gasteiger charge is 2.11. The summed E-state index contributed by atoms with van der Waals surface area (Å²) >= 11 is 8.89. The monoisotopic (exact) mass is 271 g/mol. The summed E-state index contributed by atoms with van der Waals surface area (Å²) in [5.74, 6) is -0.0457. The maximum Gasteiger partial charge on any atom is 0.173 e. The van der Waals surface area contributed by atoms with Crippen molar-refractivity contribution in [1.29, 1.82) is 5.26 Å². The van der Waals surface area contributed by atoms with Crippen LogP contribution in [0.5, 0.6) is 0 Å². The minimum absolute atomic E-state index is 0.0457. The lowest BCUT2D eigenvalue weighted by Crippen LogP contribution is -2.03. The molecule has 2 nitrogen and oxygen atoms in total. The molecule has 0 spiro atoms. The predicted octanol–water partition coefficient (Wildman–Crippen LogP) is 3.10. The van der Waals surface area contributed by atoms with Gasteiger partial charge in [0.2, 0.25) is 0 Å². The highest BCUT2D eigenvalue weighted by molar-refractivity contribution is 9.09. The highest BCUT2D eigenvalue weighted by Crippen LogP contribution is 2.21. The van der Waals surface area contributed by atoms with Gasteiger partial charge in [-0.05, 0) is 24.6 Å². The van der Waals surface area contributed by atoms with Crippen LogP contribution in [0.3, 0.4) is 0 Å². The van der Waals surface area contributed by atoms with Crippen molar-refractivity contribution >= 4 is 33.3 Å². The van der Waals surface area contributed by atoms with Crippen LogP contribution in [-0.2, 0) is 0 Å². The van der Waals surface area contributed by atoms with Crippen LogP contribution in [0.25, 0.3) is 0 Å². The molecule has 0 saturated heterocycles. The zero-order valence-electron chi connectivity index (χ0n) is 7.47. The van der Waals surface area contributed by atoms with Gasteiger partial charge in [-0.15, -0.1) is 0 Å². The van der Waals surface area contributed by atoms with Gasteiger partial charge in [0.25, 0.3) is 0 Å². The molecule has 0 aromatic heterocycles. The molecule has 1 rings (SSSR count). The summed E-state index contributed by atoms with van der Waals surface area (Å²) in [5, 5.41) is 9.37. The molecule has 0 heterocycles.